The molecule has 152 valence electrons. The minimum atomic E-state index is 0.0752. The van der Waals surface area contributed by atoms with Crippen LogP contribution in [0.1, 0.15) is 16.8 Å². The van der Waals surface area contributed by atoms with Crippen LogP contribution in [-0.4, -0.2) is 53.5 Å². The molecule has 2 aromatic carbocycles. The summed E-state index contributed by atoms with van der Waals surface area (Å²) in [4.78, 5) is 20.2. The number of rotatable bonds is 3. The van der Waals surface area contributed by atoms with Gasteiger partial charge in [-0.2, -0.15) is 0 Å². The van der Waals surface area contributed by atoms with Crippen molar-refractivity contribution in [1.29, 1.82) is 0 Å². The molecule has 2 aromatic heterocycles. The number of hydrogen-bond acceptors (Lipinski definition) is 4. The lowest BCUT2D eigenvalue weighted by Crippen LogP contribution is -2.34. The summed E-state index contributed by atoms with van der Waals surface area (Å²) in [6, 6.07) is 15.9. The Bertz CT molecular complexity index is 1210. The smallest absolute Gasteiger partial charge is 0.256 e. The van der Waals surface area contributed by atoms with Gasteiger partial charge < -0.3 is 15.0 Å². The van der Waals surface area contributed by atoms with Gasteiger partial charge >= 0.3 is 0 Å². The predicted molar refractivity (Wildman–Crippen MR) is 118 cm³/mol. The first-order chi connectivity index (χ1) is 14.8. The number of hydrogen-bond donors (Lipinski definition) is 1. The highest BCUT2D eigenvalue weighted by Gasteiger charge is 2.21. The lowest BCUT2D eigenvalue weighted by molar-refractivity contribution is 0.0768. The van der Waals surface area contributed by atoms with Crippen LogP contribution >= 0.6 is 0 Å². The van der Waals surface area contributed by atoms with Crippen LogP contribution in [0.2, 0.25) is 0 Å². The molecule has 0 bridgehead atoms. The van der Waals surface area contributed by atoms with Crippen LogP contribution in [-0.2, 0) is 0 Å². The van der Waals surface area contributed by atoms with Crippen LogP contribution in [0.15, 0.2) is 60.9 Å². The van der Waals surface area contributed by atoms with E-state index in [2.05, 4.69) is 16.4 Å². The molecule has 0 aliphatic carbocycles. The Kier molecular flexibility index (Phi) is 4.85. The summed E-state index contributed by atoms with van der Waals surface area (Å²) in [6.45, 7) is 3.27. The number of amides is 1. The minimum absolute atomic E-state index is 0.0752. The zero-order chi connectivity index (χ0) is 20.5. The summed E-state index contributed by atoms with van der Waals surface area (Å²) in [5.41, 5.74) is 2.68. The first kappa shape index (κ1) is 18.6. The lowest BCUT2D eigenvalue weighted by Gasteiger charge is -2.21. The van der Waals surface area contributed by atoms with Crippen LogP contribution < -0.4 is 10.1 Å². The summed E-state index contributed by atoms with van der Waals surface area (Å²) < 4.78 is 7.31. The van der Waals surface area contributed by atoms with E-state index in [0.29, 0.717) is 5.56 Å². The largest absolute Gasteiger partial charge is 0.497 e. The van der Waals surface area contributed by atoms with Gasteiger partial charge in [0, 0.05) is 36.8 Å². The maximum Gasteiger partial charge on any atom is 0.256 e. The summed E-state index contributed by atoms with van der Waals surface area (Å²) in [5.74, 6) is 1.69. The monoisotopic (exact) mass is 400 g/mol. The van der Waals surface area contributed by atoms with E-state index in [1.165, 1.54) is 0 Å². The van der Waals surface area contributed by atoms with E-state index in [4.69, 9.17) is 4.74 Å². The number of carbonyl (C=O) groups is 1. The van der Waals surface area contributed by atoms with Gasteiger partial charge in [-0.3, -0.25) is 9.20 Å². The third-order valence-electron chi connectivity index (χ3n) is 5.75. The van der Waals surface area contributed by atoms with E-state index in [-0.39, 0.29) is 5.91 Å². The Labute approximate surface area is 175 Å². The molecule has 1 aliphatic rings. The fraction of sp³-hybridized carbons (Fsp3) is 0.250. The molecule has 1 fully saturated rings. The molecular weight excluding hydrogens is 376 g/mol. The number of nitrogens with zero attached hydrogens (tertiary/aromatic N) is 3. The molecule has 0 unspecified atom stereocenters. The van der Waals surface area contributed by atoms with Crippen molar-refractivity contribution in [2.24, 2.45) is 0 Å². The van der Waals surface area contributed by atoms with Gasteiger partial charge in [0.2, 0.25) is 0 Å². The number of fused-ring (bicyclic) bond motifs is 3. The Morgan fingerprint density at radius 2 is 1.83 bits per heavy atom. The topological polar surface area (TPSA) is 58.9 Å². The van der Waals surface area contributed by atoms with Crippen molar-refractivity contribution in [2.45, 2.75) is 6.42 Å². The van der Waals surface area contributed by atoms with Crippen molar-refractivity contribution >= 4 is 22.2 Å². The number of carbonyl (C=O) groups excluding carboxylic acids is 1. The average Bonchev–Trinajstić information content (AvgIpc) is 3.03. The molecule has 6 nitrogen and oxygen atoms in total. The number of pyridine rings is 1. The van der Waals surface area contributed by atoms with Crippen molar-refractivity contribution in [3.8, 4) is 17.1 Å². The molecule has 3 heterocycles. The van der Waals surface area contributed by atoms with Crippen LogP contribution in [0.4, 0.5) is 0 Å². The standard InChI is InChI=1S/C24H24N4O2/c1-30-18-9-7-17(8-10-18)23-26-15-22-20-6-3-2-5-19(20)21(16-28(22)23)24(29)27-13-4-11-25-12-14-27/h2-3,5-10,15-16,25H,4,11-14H2,1H3. The Morgan fingerprint density at radius 1 is 1.03 bits per heavy atom. The number of ether oxygens (including phenoxy) is 1. The second-order valence-electron chi connectivity index (χ2n) is 7.55. The van der Waals surface area contributed by atoms with Gasteiger partial charge in [-0.15, -0.1) is 0 Å². The Hall–Kier alpha value is -3.38. The van der Waals surface area contributed by atoms with E-state index < -0.39 is 0 Å². The van der Waals surface area contributed by atoms with E-state index in [0.717, 1.165) is 66.0 Å². The molecule has 5 rings (SSSR count). The van der Waals surface area contributed by atoms with Crippen molar-refractivity contribution in [3.05, 3.63) is 66.5 Å². The van der Waals surface area contributed by atoms with Crippen LogP contribution in [0, 0.1) is 0 Å². The molecule has 0 saturated carbocycles. The SMILES string of the molecule is COc1ccc(-c2ncc3c4ccccc4c(C(=O)N4CCCNCC4)cn23)cc1. The number of benzene rings is 2. The van der Waals surface area contributed by atoms with E-state index in [1.54, 1.807) is 7.11 Å². The fourth-order valence-electron chi connectivity index (χ4n) is 4.17. The molecule has 1 aliphatic heterocycles. The molecule has 30 heavy (non-hydrogen) atoms. The molecule has 4 aromatic rings. The molecule has 0 radical (unpaired) electrons. The third kappa shape index (κ3) is 3.19. The Balaban J connectivity index is 1.68. The van der Waals surface area contributed by atoms with Gasteiger partial charge in [0.25, 0.3) is 5.91 Å². The molecule has 0 atom stereocenters. The highest BCUT2D eigenvalue weighted by atomic mass is 16.5. The number of methoxy groups -OCH3 is 1. The van der Waals surface area contributed by atoms with Gasteiger partial charge in [0.15, 0.2) is 0 Å². The maximum atomic E-state index is 13.5. The zero-order valence-electron chi connectivity index (χ0n) is 17.0. The van der Waals surface area contributed by atoms with Crippen molar-refractivity contribution < 1.29 is 9.53 Å². The van der Waals surface area contributed by atoms with Crippen molar-refractivity contribution in [2.75, 3.05) is 33.3 Å². The first-order valence-electron chi connectivity index (χ1n) is 10.3. The number of aromatic nitrogens is 2. The predicted octanol–water partition coefficient (Wildman–Crippen LogP) is 3.60. The average molecular weight is 400 g/mol. The van der Waals surface area contributed by atoms with Crippen LogP contribution in [0.3, 0.4) is 0 Å². The highest BCUT2D eigenvalue weighted by molar-refractivity contribution is 6.11. The zero-order valence-corrected chi connectivity index (χ0v) is 17.0. The van der Waals surface area contributed by atoms with Gasteiger partial charge in [0.1, 0.15) is 11.6 Å². The van der Waals surface area contributed by atoms with E-state index >= 15 is 0 Å². The second kappa shape index (κ2) is 7.80. The van der Waals surface area contributed by atoms with Gasteiger partial charge in [-0.25, -0.2) is 4.98 Å². The summed E-state index contributed by atoms with van der Waals surface area (Å²) >= 11 is 0. The summed E-state index contributed by atoms with van der Waals surface area (Å²) in [5, 5.41) is 5.36. The number of imidazole rings is 1. The van der Waals surface area contributed by atoms with Crippen molar-refractivity contribution in [1.82, 2.24) is 19.6 Å². The minimum Gasteiger partial charge on any atom is -0.497 e. The van der Waals surface area contributed by atoms with Gasteiger partial charge in [-0.1, -0.05) is 24.3 Å². The number of nitrogens with one attached hydrogen (secondary N) is 1. The van der Waals surface area contributed by atoms with E-state index in [9.17, 15) is 4.79 Å². The molecule has 0 spiro atoms. The third-order valence-corrected chi connectivity index (χ3v) is 5.75. The Morgan fingerprint density at radius 3 is 2.63 bits per heavy atom. The highest BCUT2D eigenvalue weighted by Crippen LogP contribution is 2.29. The fourth-order valence-corrected chi connectivity index (χ4v) is 4.17. The molecule has 1 N–H and O–H groups in total. The molecule has 6 heteroatoms. The van der Waals surface area contributed by atoms with Crippen molar-refractivity contribution in [3.63, 3.8) is 0 Å². The van der Waals surface area contributed by atoms with E-state index in [1.807, 2.05) is 64.2 Å². The van der Waals surface area contributed by atoms with Gasteiger partial charge in [0.05, 0.1) is 24.4 Å². The summed E-state index contributed by atoms with van der Waals surface area (Å²) in [7, 11) is 1.66. The maximum absolute atomic E-state index is 13.5. The van der Waals surface area contributed by atoms with Crippen LogP contribution in [0.25, 0.3) is 27.7 Å². The second-order valence-corrected chi connectivity index (χ2v) is 7.55. The van der Waals surface area contributed by atoms with Crippen LogP contribution in [0.5, 0.6) is 5.75 Å². The molecule has 1 amide bonds. The molecular formula is C24H24N4O2. The first-order valence-corrected chi connectivity index (χ1v) is 10.3. The summed E-state index contributed by atoms with van der Waals surface area (Å²) in [6.07, 6.45) is 4.80. The van der Waals surface area contributed by atoms with Gasteiger partial charge in [-0.05, 0) is 42.6 Å². The quantitative estimate of drug-likeness (QED) is 0.571. The normalized spacial score (nSPS) is 14.8. The molecule has 1 saturated heterocycles. The lowest BCUT2D eigenvalue weighted by atomic mass is 10.0.